The lowest BCUT2D eigenvalue weighted by atomic mass is 10.0. The van der Waals surface area contributed by atoms with E-state index in [0.29, 0.717) is 22.3 Å². The highest BCUT2D eigenvalue weighted by atomic mass is 19.4. The summed E-state index contributed by atoms with van der Waals surface area (Å²) in [5.41, 5.74) is 2.80. The van der Waals surface area contributed by atoms with E-state index < -0.39 is 11.7 Å². The number of H-pyrrole nitrogens is 1. The van der Waals surface area contributed by atoms with Crippen LogP contribution in [-0.4, -0.2) is 15.0 Å². The Morgan fingerprint density at radius 3 is 2.73 bits per heavy atom. The number of aromatic amines is 1. The number of pyridine rings is 1. The summed E-state index contributed by atoms with van der Waals surface area (Å²) in [5, 5.41) is 0. The molecule has 1 aliphatic rings. The van der Waals surface area contributed by atoms with Crippen LogP contribution in [-0.2, 0) is 6.18 Å². The van der Waals surface area contributed by atoms with Crippen molar-refractivity contribution in [2.45, 2.75) is 25.4 Å². The van der Waals surface area contributed by atoms with Gasteiger partial charge in [-0.25, -0.2) is 9.97 Å². The summed E-state index contributed by atoms with van der Waals surface area (Å²) in [5.74, 6) is 0.764. The van der Waals surface area contributed by atoms with E-state index in [1.807, 2.05) is 0 Å². The Morgan fingerprint density at radius 1 is 1.00 bits per heavy atom. The molecule has 0 amide bonds. The van der Waals surface area contributed by atoms with Crippen molar-refractivity contribution in [3.05, 3.63) is 66.1 Å². The summed E-state index contributed by atoms with van der Waals surface area (Å²) in [6.45, 7) is 0. The molecule has 1 N–H and O–H groups in total. The number of fused-ring (bicyclic) bond motifs is 1. The highest BCUT2D eigenvalue weighted by Gasteiger charge is 2.30. The van der Waals surface area contributed by atoms with Gasteiger partial charge < -0.3 is 4.98 Å². The summed E-state index contributed by atoms with van der Waals surface area (Å²) in [4.78, 5) is 12.1. The molecule has 2 aromatic heterocycles. The van der Waals surface area contributed by atoms with E-state index in [4.69, 9.17) is 0 Å². The molecule has 3 aromatic rings. The molecule has 0 saturated carbocycles. The van der Waals surface area contributed by atoms with Gasteiger partial charge in [-0.1, -0.05) is 30.4 Å². The van der Waals surface area contributed by atoms with E-state index in [1.165, 1.54) is 6.07 Å². The molecule has 0 spiro atoms. The van der Waals surface area contributed by atoms with Gasteiger partial charge in [0.2, 0.25) is 0 Å². The minimum absolute atomic E-state index is 0.474. The third-order valence-electron chi connectivity index (χ3n) is 4.39. The molecule has 0 bridgehead atoms. The van der Waals surface area contributed by atoms with E-state index in [9.17, 15) is 13.2 Å². The average molecular weight is 355 g/mol. The molecule has 26 heavy (non-hydrogen) atoms. The van der Waals surface area contributed by atoms with Gasteiger partial charge in [-0.3, -0.25) is 0 Å². The van der Waals surface area contributed by atoms with Crippen LogP contribution in [0.2, 0.25) is 0 Å². The van der Waals surface area contributed by atoms with Gasteiger partial charge in [0.25, 0.3) is 0 Å². The summed E-state index contributed by atoms with van der Waals surface area (Å²) < 4.78 is 38.8. The molecule has 0 fully saturated rings. The Labute approximate surface area is 148 Å². The Balaban J connectivity index is 1.72. The highest BCUT2D eigenvalue weighted by Crippen LogP contribution is 2.32. The van der Waals surface area contributed by atoms with Crippen molar-refractivity contribution in [3.8, 4) is 11.1 Å². The standard InChI is InChI=1S/C20H16F3N3/c21-20(22,23)16-9-5-8-14(10-16)15-11-17-19(24-12-15)26-18(25-17)13-6-3-1-2-4-7-13/h1,3,5,7-12H,2,4,6H2,(H,24,25,26). The van der Waals surface area contributed by atoms with Crippen LogP contribution in [0.5, 0.6) is 0 Å². The molecule has 3 nitrogen and oxygen atoms in total. The molecule has 1 aromatic carbocycles. The second-order valence-corrected chi connectivity index (χ2v) is 6.24. The van der Waals surface area contributed by atoms with E-state index in [0.717, 1.165) is 42.8 Å². The largest absolute Gasteiger partial charge is 0.416 e. The van der Waals surface area contributed by atoms with Gasteiger partial charge in [-0.15, -0.1) is 0 Å². The lowest BCUT2D eigenvalue weighted by Gasteiger charge is -2.08. The number of benzene rings is 1. The topological polar surface area (TPSA) is 41.6 Å². The van der Waals surface area contributed by atoms with Gasteiger partial charge in [0.15, 0.2) is 5.65 Å². The van der Waals surface area contributed by atoms with Crippen molar-refractivity contribution in [3.63, 3.8) is 0 Å². The van der Waals surface area contributed by atoms with E-state index >= 15 is 0 Å². The van der Waals surface area contributed by atoms with Crippen LogP contribution < -0.4 is 0 Å². The maximum atomic E-state index is 12.9. The zero-order chi connectivity index (χ0) is 18.1. The molecule has 0 saturated heterocycles. The molecule has 0 unspecified atom stereocenters. The predicted molar refractivity (Wildman–Crippen MR) is 95.3 cm³/mol. The minimum atomic E-state index is -4.37. The summed E-state index contributed by atoms with van der Waals surface area (Å²) in [6.07, 6.45) is 6.40. The number of imidazole rings is 1. The fourth-order valence-electron chi connectivity index (χ4n) is 3.04. The van der Waals surface area contributed by atoms with Crippen LogP contribution in [0.3, 0.4) is 0 Å². The zero-order valence-electron chi connectivity index (χ0n) is 13.8. The molecule has 2 heterocycles. The first-order valence-electron chi connectivity index (χ1n) is 8.38. The highest BCUT2D eigenvalue weighted by molar-refractivity contribution is 5.80. The summed E-state index contributed by atoms with van der Waals surface area (Å²) in [6, 6.07) is 7.05. The normalized spacial score (nSPS) is 15.1. The second kappa shape index (κ2) is 6.44. The Kier molecular flexibility index (Phi) is 4.11. The van der Waals surface area contributed by atoms with Gasteiger partial charge in [0.05, 0.1) is 11.1 Å². The minimum Gasteiger partial charge on any atom is -0.337 e. The fourth-order valence-corrected chi connectivity index (χ4v) is 3.04. The first-order valence-corrected chi connectivity index (χ1v) is 8.38. The number of aromatic nitrogens is 3. The fraction of sp³-hybridized carbons (Fsp3) is 0.200. The first-order chi connectivity index (χ1) is 12.5. The van der Waals surface area contributed by atoms with Crippen LogP contribution in [0.25, 0.3) is 27.9 Å². The molecule has 0 atom stereocenters. The molecular weight excluding hydrogens is 339 g/mol. The van der Waals surface area contributed by atoms with Gasteiger partial charge >= 0.3 is 6.18 Å². The monoisotopic (exact) mass is 355 g/mol. The van der Waals surface area contributed by atoms with Crippen LogP contribution >= 0.6 is 0 Å². The van der Waals surface area contributed by atoms with Crippen molar-refractivity contribution in [1.29, 1.82) is 0 Å². The first kappa shape index (κ1) is 16.6. The second-order valence-electron chi connectivity index (χ2n) is 6.24. The smallest absolute Gasteiger partial charge is 0.337 e. The molecule has 0 aliphatic heterocycles. The summed E-state index contributed by atoms with van der Waals surface area (Å²) >= 11 is 0. The Morgan fingerprint density at radius 2 is 1.88 bits per heavy atom. The van der Waals surface area contributed by atoms with Gasteiger partial charge in [0, 0.05) is 11.8 Å². The molecule has 6 heteroatoms. The number of nitrogens with one attached hydrogen (secondary N) is 1. The molecule has 132 valence electrons. The SMILES string of the molecule is FC(F)(F)c1cccc(-c2cnc3nc(C4=CCCC=CC4)[nH]c3c2)c1. The molecule has 4 rings (SSSR count). The quantitative estimate of drug-likeness (QED) is 0.593. The third kappa shape index (κ3) is 3.27. The van der Waals surface area contributed by atoms with Crippen molar-refractivity contribution in [2.24, 2.45) is 0 Å². The third-order valence-corrected chi connectivity index (χ3v) is 4.39. The van der Waals surface area contributed by atoms with E-state index in [-0.39, 0.29) is 0 Å². The number of alkyl halides is 3. The van der Waals surface area contributed by atoms with Crippen molar-refractivity contribution in [1.82, 2.24) is 15.0 Å². The number of halogens is 3. The van der Waals surface area contributed by atoms with Crippen LogP contribution in [0.4, 0.5) is 13.2 Å². The maximum Gasteiger partial charge on any atom is 0.416 e. The van der Waals surface area contributed by atoms with Gasteiger partial charge in [-0.05, 0) is 48.6 Å². The van der Waals surface area contributed by atoms with Crippen LogP contribution in [0.1, 0.15) is 30.7 Å². The van der Waals surface area contributed by atoms with Crippen LogP contribution in [0.15, 0.2) is 54.8 Å². The van der Waals surface area contributed by atoms with Gasteiger partial charge in [-0.2, -0.15) is 13.2 Å². The summed E-state index contributed by atoms with van der Waals surface area (Å²) in [7, 11) is 0. The number of nitrogens with zero attached hydrogens (tertiary/aromatic N) is 2. The van der Waals surface area contributed by atoms with Crippen LogP contribution in [0, 0.1) is 0 Å². The van der Waals surface area contributed by atoms with E-state index in [1.54, 1.807) is 18.3 Å². The maximum absolute atomic E-state index is 12.9. The van der Waals surface area contributed by atoms with Crippen molar-refractivity contribution < 1.29 is 13.2 Å². The Bertz CT molecular complexity index is 1010. The van der Waals surface area contributed by atoms with E-state index in [2.05, 4.69) is 33.2 Å². The zero-order valence-corrected chi connectivity index (χ0v) is 13.8. The lowest BCUT2D eigenvalue weighted by Crippen LogP contribution is -2.04. The van der Waals surface area contributed by atoms with Crippen molar-refractivity contribution in [2.75, 3.05) is 0 Å². The van der Waals surface area contributed by atoms with Crippen molar-refractivity contribution >= 4 is 16.7 Å². The molecular formula is C20H16F3N3. The number of allylic oxidation sites excluding steroid dienone is 4. The molecule has 0 radical (unpaired) electrons. The lowest BCUT2D eigenvalue weighted by molar-refractivity contribution is -0.137. The predicted octanol–water partition coefficient (Wildman–Crippen LogP) is 5.77. The average Bonchev–Trinajstić information content (AvgIpc) is 2.86. The molecule has 1 aliphatic carbocycles. The number of hydrogen-bond acceptors (Lipinski definition) is 2. The van der Waals surface area contributed by atoms with Gasteiger partial charge in [0.1, 0.15) is 5.82 Å². The number of rotatable bonds is 2. The number of hydrogen-bond donors (Lipinski definition) is 1. The Hall–Kier alpha value is -2.89.